The molecule has 2 N–H and O–H groups in total. The highest BCUT2D eigenvalue weighted by atomic mass is 32.2. The number of aliphatic hydroxyl groups is 1. The first-order valence-corrected chi connectivity index (χ1v) is 7.40. The molecule has 3 atom stereocenters. The van der Waals surface area contributed by atoms with Gasteiger partial charge < -0.3 is 15.2 Å². The van der Waals surface area contributed by atoms with Crippen molar-refractivity contribution in [2.24, 2.45) is 0 Å². The minimum absolute atomic E-state index is 0.247. The van der Waals surface area contributed by atoms with Crippen LogP contribution in [0.5, 0.6) is 0 Å². The predicted octanol–water partition coefficient (Wildman–Crippen LogP) is 1.65. The Morgan fingerprint density at radius 1 is 1.56 bits per heavy atom. The molecule has 0 aromatic heterocycles. The minimum atomic E-state index is 0.247. The zero-order valence-corrected chi connectivity index (χ0v) is 11.3. The van der Waals surface area contributed by atoms with Crippen molar-refractivity contribution in [1.82, 2.24) is 5.32 Å². The molecular formula is C12H25NO2S. The maximum absolute atomic E-state index is 9.20. The van der Waals surface area contributed by atoms with Gasteiger partial charge in [-0.1, -0.05) is 6.92 Å². The summed E-state index contributed by atoms with van der Waals surface area (Å²) in [7, 11) is 0. The van der Waals surface area contributed by atoms with Crippen molar-refractivity contribution >= 4 is 11.8 Å². The molecule has 3 unspecified atom stereocenters. The molecule has 16 heavy (non-hydrogen) atoms. The van der Waals surface area contributed by atoms with E-state index in [0.29, 0.717) is 11.4 Å². The fraction of sp³-hybridized carbons (Fsp3) is 1.00. The second-order valence-corrected chi connectivity index (χ2v) is 5.74. The second kappa shape index (κ2) is 8.34. The Morgan fingerprint density at radius 2 is 2.38 bits per heavy atom. The molecule has 0 bridgehead atoms. The Labute approximate surface area is 103 Å². The number of rotatable bonds is 8. The summed E-state index contributed by atoms with van der Waals surface area (Å²) in [5, 5.41) is 13.2. The average molecular weight is 247 g/mol. The molecule has 0 radical (unpaired) electrons. The molecule has 0 aliphatic carbocycles. The van der Waals surface area contributed by atoms with Crippen LogP contribution >= 0.6 is 11.8 Å². The number of ether oxygens (including phenoxy) is 1. The number of nitrogens with one attached hydrogen (secondary N) is 1. The summed E-state index contributed by atoms with van der Waals surface area (Å²) in [4.78, 5) is 0. The van der Waals surface area contributed by atoms with Gasteiger partial charge in [-0.05, 0) is 38.5 Å². The monoisotopic (exact) mass is 247 g/mol. The third-order valence-corrected chi connectivity index (χ3v) is 4.53. The van der Waals surface area contributed by atoms with E-state index in [4.69, 9.17) is 4.74 Å². The van der Waals surface area contributed by atoms with Crippen LogP contribution in [0.4, 0.5) is 0 Å². The Hall–Kier alpha value is 0.230. The lowest BCUT2D eigenvalue weighted by atomic mass is 10.2. The van der Waals surface area contributed by atoms with Crippen LogP contribution in [0.25, 0.3) is 0 Å². The second-order valence-electron chi connectivity index (χ2n) is 4.40. The van der Waals surface area contributed by atoms with E-state index in [1.54, 1.807) is 0 Å². The van der Waals surface area contributed by atoms with E-state index in [0.717, 1.165) is 31.7 Å². The molecule has 0 aromatic carbocycles. The zero-order valence-electron chi connectivity index (χ0n) is 10.4. The summed E-state index contributed by atoms with van der Waals surface area (Å²) in [6.07, 6.45) is 3.75. The standard InChI is InChI=1S/C12H25NO2S/c1-3-6-13-11(9-14)5-8-16-12-4-7-15-10(12)2/h10-14H,3-9H2,1-2H3. The first kappa shape index (κ1) is 14.3. The van der Waals surface area contributed by atoms with Crippen LogP contribution in [0.1, 0.15) is 33.1 Å². The summed E-state index contributed by atoms with van der Waals surface area (Å²) in [5.74, 6) is 1.11. The van der Waals surface area contributed by atoms with E-state index in [2.05, 4.69) is 19.2 Å². The van der Waals surface area contributed by atoms with Crippen LogP contribution in [0.15, 0.2) is 0 Å². The number of aliphatic hydroxyl groups excluding tert-OH is 1. The zero-order chi connectivity index (χ0) is 11.8. The van der Waals surface area contributed by atoms with Gasteiger partial charge in [0.1, 0.15) is 0 Å². The van der Waals surface area contributed by atoms with Crippen molar-refractivity contribution < 1.29 is 9.84 Å². The summed E-state index contributed by atoms with van der Waals surface area (Å²) < 4.78 is 5.53. The number of hydrogen-bond donors (Lipinski definition) is 2. The molecule has 1 fully saturated rings. The molecule has 1 saturated heterocycles. The lowest BCUT2D eigenvalue weighted by Crippen LogP contribution is -2.33. The molecule has 1 aliphatic heterocycles. The van der Waals surface area contributed by atoms with Crippen molar-refractivity contribution in [2.45, 2.75) is 50.5 Å². The lowest BCUT2D eigenvalue weighted by Gasteiger charge is -2.18. The first-order chi connectivity index (χ1) is 7.77. The number of hydrogen-bond acceptors (Lipinski definition) is 4. The van der Waals surface area contributed by atoms with Crippen molar-refractivity contribution in [3.8, 4) is 0 Å². The normalized spacial score (nSPS) is 27.2. The third kappa shape index (κ3) is 5.04. The molecule has 96 valence electrons. The van der Waals surface area contributed by atoms with Crippen LogP contribution in [-0.4, -0.2) is 48.0 Å². The van der Waals surface area contributed by atoms with Gasteiger partial charge in [-0.2, -0.15) is 11.8 Å². The van der Waals surface area contributed by atoms with Gasteiger partial charge in [0.05, 0.1) is 12.7 Å². The van der Waals surface area contributed by atoms with Gasteiger partial charge in [-0.25, -0.2) is 0 Å². The molecule has 0 amide bonds. The predicted molar refractivity (Wildman–Crippen MR) is 70.1 cm³/mol. The molecule has 0 aromatic rings. The van der Waals surface area contributed by atoms with Gasteiger partial charge in [0.2, 0.25) is 0 Å². The minimum Gasteiger partial charge on any atom is -0.395 e. The van der Waals surface area contributed by atoms with Crippen LogP contribution < -0.4 is 5.32 Å². The summed E-state index contributed by atoms with van der Waals surface area (Å²) in [6, 6.07) is 0.269. The van der Waals surface area contributed by atoms with Crippen LogP contribution in [0.2, 0.25) is 0 Å². The third-order valence-electron chi connectivity index (χ3n) is 3.01. The van der Waals surface area contributed by atoms with Crippen molar-refractivity contribution in [1.29, 1.82) is 0 Å². The van der Waals surface area contributed by atoms with Crippen LogP contribution in [0.3, 0.4) is 0 Å². The molecule has 0 spiro atoms. The highest BCUT2D eigenvalue weighted by Crippen LogP contribution is 2.26. The van der Waals surface area contributed by atoms with Crippen LogP contribution in [0, 0.1) is 0 Å². The van der Waals surface area contributed by atoms with E-state index in [9.17, 15) is 5.11 Å². The fourth-order valence-corrected chi connectivity index (χ4v) is 3.23. The Kier molecular flexibility index (Phi) is 7.45. The van der Waals surface area contributed by atoms with Gasteiger partial charge >= 0.3 is 0 Å². The van der Waals surface area contributed by atoms with E-state index in [1.807, 2.05) is 11.8 Å². The van der Waals surface area contributed by atoms with E-state index < -0.39 is 0 Å². The Balaban J connectivity index is 2.08. The van der Waals surface area contributed by atoms with Gasteiger partial charge in [-0.15, -0.1) is 0 Å². The van der Waals surface area contributed by atoms with Crippen molar-refractivity contribution in [3.63, 3.8) is 0 Å². The highest BCUT2D eigenvalue weighted by molar-refractivity contribution is 7.99. The average Bonchev–Trinajstić information content (AvgIpc) is 2.69. The number of thioether (sulfide) groups is 1. The Morgan fingerprint density at radius 3 is 2.94 bits per heavy atom. The van der Waals surface area contributed by atoms with Gasteiger partial charge in [0.15, 0.2) is 0 Å². The highest BCUT2D eigenvalue weighted by Gasteiger charge is 2.24. The molecule has 1 aliphatic rings. The molecule has 1 rings (SSSR count). The van der Waals surface area contributed by atoms with E-state index in [-0.39, 0.29) is 12.6 Å². The van der Waals surface area contributed by atoms with Gasteiger partial charge in [0.25, 0.3) is 0 Å². The molecule has 1 heterocycles. The quantitative estimate of drug-likeness (QED) is 0.684. The van der Waals surface area contributed by atoms with Crippen molar-refractivity contribution in [3.05, 3.63) is 0 Å². The SMILES string of the molecule is CCCNC(CO)CCSC1CCOC1C. The fourth-order valence-electron chi connectivity index (χ4n) is 1.90. The van der Waals surface area contributed by atoms with Gasteiger partial charge in [0, 0.05) is 17.9 Å². The lowest BCUT2D eigenvalue weighted by molar-refractivity contribution is 0.127. The topological polar surface area (TPSA) is 41.5 Å². The molecule has 3 nitrogen and oxygen atoms in total. The smallest absolute Gasteiger partial charge is 0.0666 e. The summed E-state index contributed by atoms with van der Waals surface area (Å²) >= 11 is 1.99. The van der Waals surface area contributed by atoms with E-state index in [1.165, 1.54) is 6.42 Å². The maximum Gasteiger partial charge on any atom is 0.0666 e. The molecule has 4 heteroatoms. The summed E-state index contributed by atoms with van der Waals surface area (Å²) in [6.45, 7) is 6.46. The Bertz CT molecular complexity index is 180. The largest absolute Gasteiger partial charge is 0.395 e. The molecular weight excluding hydrogens is 222 g/mol. The first-order valence-electron chi connectivity index (χ1n) is 6.35. The summed E-state index contributed by atoms with van der Waals surface area (Å²) in [5.41, 5.74) is 0. The maximum atomic E-state index is 9.20. The van der Waals surface area contributed by atoms with Crippen molar-refractivity contribution in [2.75, 3.05) is 25.5 Å². The van der Waals surface area contributed by atoms with Crippen LogP contribution in [-0.2, 0) is 4.74 Å². The van der Waals surface area contributed by atoms with Gasteiger partial charge in [-0.3, -0.25) is 0 Å². The van der Waals surface area contributed by atoms with E-state index >= 15 is 0 Å². The molecule has 0 saturated carbocycles.